The van der Waals surface area contributed by atoms with Crippen molar-refractivity contribution in [2.45, 2.75) is 17.7 Å². The number of benzene rings is 1. The van der Waals surface area contributed by atoms with Gasteiger partial charge in [0.1, 0.15) is 16.9 Å². The minimum Gasteiger partial charge on any atom is -0.478 e. The predicted molar refractivity (Wildman–Crippen MR) is 80.7 cm³/mol. The highest BCUT2D eigenvalue weighted by Gasteiger charge is 2.20. The third kappa shape index (κ3) is 2.54. The molecular formula is C15H14N2O3S. The second-order valence-electron chi connectivity index (χ2n) is 4.74. The van der Waals surface area contributed by atoms with Crippen LogP contribution in [0.25, 0.3) is 11.0 Å². The van der Waals surface area contributed by atoms with Crippen molar-refractivity contribution in [2.24, 2.45) is 7.05 Å². The number of aromatic nitrogens is 2. The molecule has 2 aromatic heterocycles. The van der Waals surface area contributed by atoms with E-state index >= 15 is 0 Å². The van der Waals surface area contributed by atoms with E-state index in [1.807, 2.05) is 32.2 Å². The highest BCUT2D eigenvalue weighted by molar-refractivity contribution is 7.98. The van der Waals surface area contributed by atoms with Gasteiger partial charge in [0.2, 0.25) is 0 Å². The molecule has 0 spiro atoms. The van der Waals surface area contributed by atoms with E-state index in [1.165, 1.54) is 11.8 Å². The summed E-state index contributed by atoms with van der Waals surface area (Å²) in [6.45, 7) is 1.92. The number of nitrogens with zero attached hydrogens (tertiary/aromatic N) is 2. The van der Waals surface area contributed by atoms with E-state index in [-0.39, 0.29) is 5.56 Å². The molecule has 0 amide bonds. The van der Waals surface area contributed by atoms with Crippen molar-refractivity contribution >= 4 is 28.7 Å². The van der Waals surface area contributed by atoms with Gasteiger partial charge in [0, 0.05) is 12.4 Å². The van der Waals surface area contributed by atoms with Crippen LogP contribution in [0.1, 0.15) is 21.8 Å². The molecule has 6 heteroatoms. The number of carboxylic acid groups (broad SMARTS) is 1. The van der Waals surface area contributed by atoms with Gasteiger partial charge in [-0.05, 0) is 19.1 Å². The Balaban J connectivity index is 1.95. The van der Waals surface area contributed by atoms with Crippen LogP contribution in [0.2, 0.25) is 0 Å². The highest BCUT2D eigenvalue weighted by Crippen LogP contribution is 2.31. The Morgan fingerprint density at radius 1 is 1.43 bits per heavy atom. The molecule has 0 saturated heterocycles. The maximum Gasteiger partial charge on any atom is 0.339 e. The number of furan rings is 1. The van der Waals surface area contributed by atoms with Crippen LogP contribution in [-0.4, -0.2) is 20.9 Å². The summed E-state index contributed by atoms with van der Waals surface area (Å²) in [4.78, 5) is 11.5. The lowest BCUT2D eigenvalue weighted by atomic mass is 10.1. The van der Waals surface area contributed by atoms with Gasteiger partial charge in [-0.15, -0.1) is 0 Å². The lowest BCUT2D eigenvalue weighted by molar-refractivity contribution is 0.0697. The standard InChI is InChI=1S/C15H14N2O3S/c1-9-7-13(17(2)16-9)21-8-12-14(15(18)19)10-5-3-4-6-11(10)20-12/h3-7H,8H2,1-2H3,(H,18,19). The topological polar surface area (TPSA) is 68.3 Å². The summed E-state index contributed by atoms with van der Waals surface area (Å²) < 4.78 is 7.48. The number of hydrogen-bond donors (Lipinski definition) is 1. The molecule has 0 saturated carbocycles. The number of aryl methyl sites for hydroxylation is 2. The number of para-hydroxylation sites is 1. The van der Waals surface area contributed by atoms with Gasteiger partial charge in [-0.2, -0.15) is 5.10 Å². The van der Waals surface area contributed by atoms with Crippen LogP contribution < -0.4 is 0 Å². The zero-order chi connectivity index (χ0) is 15.0. The molecule has 1 aromatic carbocycles. The quantitative estimate of drug-likeness (QED) is 0.747. The molecule has 1 N–H and O–H groups in total. The van der Waals surface area contributed by atoms with Gasteiger partial charge in [-0.3, -0.25) is 4.68 Å². The van der Waals surface area contributed by atoms with Crippen LogP contribution in [-0.2, 0) is 12.8 Å². The van der Waals surface area contributed by atoms with E-state index in [0.717, 1.165) is 10.7 Å². The van der Waals surface area contributed by atoms with E-state index in [9.17, 15) is 9.90 Å². The second-order valence-corrected chi connectivity index (χ2v) is 5.73. The first kappa shape index (κ1) is 13.8. The fourth-order valence-corrected chi connectivity index (χ4v) is 3.26. The Labute approximate surface area is 125 Å². The third-order valence-electron chi connectivity index (χ3n) is 3.19. The van der Waals surface area contributed by atoms with Gasteiger partial charge in [0.15, 0.2) is 0 Å². The van der Waals surface area contributed by atoms with E-state index in [2.05, 4.69) is 5.10 Å². The van der Waals surface area contributed by atoms with Crippen molar-refractivity contribution in [1.82, 2.24) is 9.78 Å². The lowest BCUT2D eigenvalue weighted by Crippen LogP contribution is -1.99. The molecular weight excluding hydrogens is 288 g/mol. The summed E-state index contributed by atoms with van der Waals surface area (Å²) in [5.74, 6) is -0.0285. The van der Waals surface area contributed by atoms with Crippen molar-refractivity contribution in [3.05, 3.63) is 47.3 Å². The molecule has 0 unspecified atom stereocenters. The van der Waals surface area contributed by atoms with Crippen molar-refractivity contribution in [3.63, 3.8) is 0 Å². The number of carbonyl (C=O) groups is 1. The molecule has 5 nitrogen and oxygen atoms in total. The maximum atomic E-state index is 11.5. The Kier molecular flexibility index (Phi) is 3.47. The molecule has 3 aromatic rings. The number of hydrogen-bond acceptors (Lipinski definition) is 4. The number of carboxylic acids is 1. The summed E-state index contributed by atoms with van der Waals surface area (Å²) in [6, 6.07) is 9.16. The van der Waals surface area contributed by atoms with Crippen molar-refractivity contribution in [3.8, 4) is 0 Å². The molecule has 0 fully saturated rings. The minimum atomic E-state index is -0.961. The average molecular weight is 302 g/mol. The van der Waals surface area contributed by atoms with Crippen LogP contribution >= 0.6 is 11.8 Å². The van der Waals surface area contributed by atoms with E-state index < -0.39 is 5.97 Å². The van der Waals surface area contributed by atoms with Crippen LogP contribution in [0.15, 0.2) is 39.8 Å². The smallest absolute Gasteiger partial charge is 0.339 e. The Morgan fingerprint density at radius 2 is 2.19 bits per heavy atom. The van der Waals surface area contributed by atoms with Crippen LogP contribution in [0.5, 0.6) is 0 Å². The SMILES string of the molecule is Cc1cc(SCc2oc3ccccc3c2C(=O)O)n(C)n1. The lowest BCUT2D eigenvalue weighted by Gasteiger charge is -2.00. The van der Waals surface area contributed by atoms with Gasteiger partial charge >= 0.3 is 5.97 Å². The Hall–Kier alpha value is -2.21. The van der Waals surface area contributed by atoms with Crippen LogP contribution in [0.4, 0.5) is 0 Å². The Morgan fingerprint density at radius 3 is 2.86 bits per heavy atom. The average Bonchev–Trinajstić information content (AvgIpc) is 2.95. The summed E-state index contributed by atoms with van der Waals surface area (Å²) >= 11 is 1.51. The van der Waals surface area contributed by atoms with Crippen LogP contribution in [0.3, 0.4) is 0 Å². The zero-order valence-corrected chi connectivity index (χ0v) is 12.5. The van der Waals surface area contributed by atoms with Crippen molar-refractivity contribution < 1.29 is 14.3 Å². The molecule has 0 aliphatic carbocycles. The first-order chi connectivity index (χ1) is 10.1. The molecule has 0 aliphatic rings. The first-order valence-corrected chi connectivity index (χ1v) is 7.42. The maximum absolute atomic E-state index is 11.5. The molecule has 2 heterocycles. The summed E-state index contributed by atoms with van der Waals surface area (Å²) in [6.07, 6.45) is 0. The van der Waals surface area contributed by atoms with Crippen molar-refractivity contribution in [2.75, 3.05) is 0 Å². The third-order valence-corrected chi connectivity index (χ3v) is 4.28. The fourth-order valence-electron chi connectivity index (χ4n) is 2.29. The highest BCUT2D eigenvalue weighted by atomic mass is 32.2. The van der Waals surface area contributed by atoms with Gasteiger partial charge < -0.3 is 9.52 Å². The number of rotatable bonds is 4. The first-order valence-electron chi connectivity index (χ1n) is 6.43. The molecule has 3 rings (SSSR count). The monoisotopic (exact) mass is 302 g/mol. The summed E-state index contributed by atoms with van der Waals surface area (Å²) in [5, 5.41) is 15.3. The van der Waals surface area contributed by atoms with E-state index in [1.54, 1.807) is 16.8 Å². The zero-order valence-electron chi connectivity index (χ0n) is 11.7. The summed E-state index contributed by atoms with van der Waals surface area (Å²) in [5.41, 5.74) is 1.78. The van der Waals surface area contributed by atoms with Gasteiger partial charge in [0.25, 0.3) is 0 Å². The van der Waals surface area contributed by atoms with E-state index in [4.69, 9.17) is 4.42 Å². The van der Waals surface area contributed by atoms with E-state index in [0.29, 0.717) is 22.5 Å². The normalized spacial score (nSPS) is 11.1. The van der Waals surface area contributed by atoms with Gasteiger partial charge in [-0.25, -0.2) is 4.79 Å². The number of aromatic carboxylic acids is 1. The van der Waals surface area contributed by atoms with Gasteiger partial charge in [0.05, 0.1) is 16.5 Å². The Bertz CT molecular complexity index is 820. The molecule has 108 valence electrons. The molecule has 0 aliphatic heterocycles. The van der Waals surface area contributed by atoms with Gasteiger partial charge in [-0.1, -0.05) is 30.0 Å². The fraction of sp³-hybridized carbons (Fsp3) is 0.200. The summed E-state index contributed by atoms with van der Waals surface area (Å²) in [7, 11) is 1.87. The predicted octanol–water partition coefficient (Wildman–Crippen LogP) is 3.47. The molecule has 0 atom stereocenters. The molecule has 0 bridgehead atoms. The van der Waals surface area contributed by atoms with Crippen molar-refractivity contribution in [1.29, 1.82) is 0 Å². The number of fused-ring (bicyclic) bond motifs is 1. The minimum absolute atomic E-state index is 0.247. The number of thioether (sulfide) groups is 1. The van der Waals surface area contributed by atoms with Crippen LogP contribution in [0, 0.1) is 6.92 Å². The second kappa shape index (κ2) is 5.29. The molecule has 21 heavy (non-hydrogen) atoms. The largest absolute Gasteiger partial charge is 0.478 e. The molecule has 0 radical (unpaired) electrons.